The zero-order valence-electron chi connectivity index (χ0n) is 59.0. The highest BCUT2D eigenvalue weighted by Crippen LogP contribution is 2.49. The fourth-order valence-corrected chi connectivity index (χ4v) is 17.3. The van der Waals surface area contributed by atoms with Crippen LogP contribution in [0.4, 0.5) is 0 Å². The maximum Gasteiger partial charge on any atom is 0.0789 e. The van der Waals surface area contributed by atoms with Gasteiger partial charge in [-0.15, -0.1) is 0 Å². The standard InChI is InChI=1S/2C52H34N2/c1-4-16-35(17-5-1)38-32-39(36-18-6-2-7-19-36)34-40(33-38)37-28-30-42(31-29-37)53-48-27-15-13-25-46(48)50-51(53)44-23-11-10-22-43(44)49-45-24-12-14-26-47(45)54(52(49)50)41-20-8-3-9-21-41;1-4-14-35(15-5-1)39-32-40(36-16-6-2-7-17-36)34-41(33-39)37-24-27-43(28-25-37)54-49-31-26-38-18-10-11-21-44(38)50(49)47-30-29-46-45-22-12-13-23-48(45)53(51(46)52(47)54)42-19-8-3-9-20-42/h2*1-34H. The highest BCUT2D eigenvalue weighted by Gasteiger charge is 2.26. The topological polar surface area (TPSA) is 19.7 Å². The van der Waals surface area contributed by atoms with Crippen molar-refractivity contribution in [2.45, 2.75) is 0 Å². The van der Waals surface area contributed by atoms with Crippen LogP contribution in [0, 0.1) is 0 Å². The van der Waals surface area contributed by atoms with Gasteiger partial charge in [-0.1, -0.05) is 303 Å². The van der Waals surface area contributed by atoms with Crippen LogP contribution in [0.25, 0.3) is 198 Å². The van der Waals surface area contributed by atoms with Crippen molar-refractivity contribution >= 4 is 109 Å². The molecule has 0 atom stereocenters. The van der Waals surface area contributed by atoms with Gasteiger partial charge in [-0.25, -0.2) is 0 Å². The molecule has 4 heteroatoms. The lowest BCUT2D eigenvalue weighted by Crippen LogP contribution is -1.98. The van der Waals surface area contributed by atoms with Crippen molar-refractivity contribution in [3.05, 3.63) is 413 Å². The summed E-state index contributed by atoms with van der Waals surface area (Å²) in [5, 5.41) is 15.1. The van der Waals surface area contributed by atoms with Crippen molar-refractivity contribution in [2.75, 3.05) is 0 Å². The number of rotatable bonds is 10. The molecule has 0 aliphatic heterocycles. The maximum absolute atomic E-state index is 2.50. The van der Waals surface area contributed by atoms with Crippen LogP contribution in [-0.2, 0) is 0 Å². The lowest BCUT2D eigenvalue weighted by molar-refractivity contribution is 1.15. The molecule has 0 saturated carbocycles. The molecule has 4 nitrogen and oxygen atoms in total. The van der Waals surface area contributed by atoms with Crippen LogP contribution in [0.2, 0.25) is 0 Å². The first-order chi connectivity index (χ1) is 53.6. The molecule has 22 rings (SSSR count). The summed E-state index contributed by atoms with van der Waals surface area (Å²) < 4.78 is 9.92. The predicted molar refractivity (Wildman–Crippen MR) is 458 cm³/mol. The van der Waals surface area contributed by atoms with Gasteiger partial charge < -0.3 is 18.3 Å². The highest BCUT2D eigenvalue weighted by molar-refractivity contribution is 6.37. The fraction of sp³-hybridized carbons (Fsp3) is 0. The summed E-state index contributed by atoms with van der Waals surface area (Å²) in [7, 11) is 0. The minimum Gasteiger partial charge on any atom is -0.309 e. The zero-order valence-corrected chi connectivity index (χ0v) is 59.0. The number of para-hydroxylation sites is 5. The van der Waals surface area contributed by atoms with Crippen LogP contribution in [0.3, 0.4) is 0 Å². The van der Waals surface area contributed by atoms with E-state index in [1.807, 2.05) is 0 Å². The number of fused-ring (bicyclic) bond motifs is 19. The van der Waals surface area contributed by atoms with Crippen molar-refractivity contribution in [3.63, 3.8) is 0 Å². The van der Waals surface area contributed by atoms with Gasteiger partial charge in [0.2, 0.25) is 0 Å². The smallest absolute Gasteiger partial charge is 0.0789 e. The molecular weight excluding hydrogens is 1310 g/mol. The third-order valence-corrected chi connectivity index (χ3v) is 22.1. The molecular formula is C104H68N4. The number of hydrogen-bond acceptors (Lipinski definition) is 0. The van der Waals surface area contributed by atoms with Gasteiger partial charge in [0.15, 0.2) is 0 Å². The second-order valence-corrected chi connectivity index (χ2v) is 28.3. The van der Waals surface area contributed by atoms with Gasteiger partial charge in [0, 0.05) is 71.2 Å². The van der Waals surface area contributed by atoms with E-state index in [0.717, 1.165) is 22.7 Å². The van der Waals surface area contributed by atoms with Crippen LogP contribution >= 0.6 is 0 Å². The fourth-order valence-electron chi connectivity index (χ4n) is 17.3. The minimum atomic E-state index is 1.13. The number of nitrogens with zero attached hydrogens (tertiary/aromatic N) is 4. The molecule has 504 valence electrons. The Kier molecular flexibility index (Phi) is 14.9. The molecule has 0 amide bonds. The van der Waals surface area contributed by atoms with E-state index in [-0.39, 0.29) is 0 Å². The molecule has 0 saturated heterocycles. The molecule has 0 aliphatic carbocycles. The maximum atomic E-state index is 2.50. The molecule has 4 aromatic heterocycles. The minimum absolute atomic E-state index is 1.13. The second-order valence-electron chi connectivity index (χ2n) is 28.3. The largest absolute Gasteiger partial charge is 0.309 e. The molecule has 0 N–H and O–H groups in total. The molecule has 108 heavy (non-hydrogen) atoms. The van der Waals surface area contributed by atoms with Gasteiger partial charge >= 0.3 is 0 Å². The monoisotopic (exact) mass is 1370 g/mol. The van der Waals surface area contributed by atoms with Gasteiger partial charge in [-0.3, -0.25) is 0 Å². The van der Waals surface area contributed by atoms with Crippen molar-refractivity contribution in [1.82, 2.24) is 18.3 Å². The van der Waals surface area contributed by atoms with E-state index in [0.29, 0.717) is 0 Å². The summed E-state index contributed by atoms with van der Waals surface area (Å²) >= 11 is 0. The van der Waals surface area contributed by atoms with E-state index in [9.17, 15) is 0 Å². The quantitative estimate of drug-likeness (QED) is 0.130. The summed E-state index contributed by atoms with van der Waals surface area (Å²) in [5.74, 6) is 0. The van der Waals surface area contributed by atoms with E-state index < -0.39 is 0 Å². The van der Waals surface area contributed by atoms with Crippen LogP contribution in [0.15, 0.2) is 413 Å². The molecule has 0 unspecified atom stereocenters. The summed E-state index contributed by atoms with van der Waals surface area (Å²) in [4.78, 5) is 0. The Morgan fingerprint density at radius 3 is 0.889 bits per heavy atom. The van der Waals surface area contributed by atoms with Crippen molar-refractivity contribution in [2.24, 2.45) is 0 Å². The van der Waals surface area contributed by atoms with Gasteiger partial charge in [0.1, 0.15) is 0 Å². The van der Waals surface area contributed by atoms with Crippen LogP contribution in [0.5, 0.6) is 0 Å². The highest BCUT2D eigenvalue weighted by atomic mass is 15.0. The third-order valence-electron chi connectivity index (χ3n) is 22.1. The molecule has 22 aromatic rings. The van der Waals surface area contributed by atoms with Gasteiger partial charge in [0.05, 0.1) is 44.1 Å². The van der Waals surface area contributed by atoms with Gasteiger partial charge in [-0.2, -0.15) is 0 Å². The molecule has 0 aliphatic rings. The molecule has 0 spiro atoms. The second kappa shape index (κ2) is 25.8. The Bertz CT molecular complexity index is 7100. The summed E-state index contributed by atoms with van der Waals surface area (Å²) in [6, 6.07) is 150. The molecule has 0 bridgehead atoms. The molecule has 4 heterocycles. The molecule has 0 fully saturated rings. The Morgan fingerprint density at radius 1 is 0.130 bits per heavy atom. The lowest BCUT2D eigenvalue weighted by Gasteiger charge is -2.14. The first-order valence-corrected chi connectivity index (χ1v) is 37.2. The number of hydrogen-bond donors (Lipinski definition) is 0. The Morgan fingerprint density at radius 2 is 0.426 bits per heavy atom. The number of benzene rings is 18. The van der Waals surface area contributed by atoms with E-state index >= 15 is 0 Å². The van der Waals surface area contributed by atoms with Crippen LogP contribution in [0.1, 0.15) is 0 Å². The Balaban J connectivity index is 0.000000138. The SMILES string of the molecule is c1ccc(-c2cc(-c3ccccc3)cc(-c3ccc(-n4c5ccc6ccccc6c5c5ccc6c7ccccc7n(-c7ccccc7)c6c54)cc3)c2)cc1.c1ccc(-c2cc(-c3ccccc3)cc(-c3ccc(-n4c5ccccc5c5c4c4ccccc4c4c6ccccc6n(-c6ccccc6)c45)cc3)c2)cc1. The van der Waals surface area contributed by atoms with E-state index in [2.05, 4.69) is 431 Å². The summed E-state index contributed by atoms with van der Waals surface area (Å²) in [6.07, 6.45) is 0. The average Bonchev–Trinajstić information content (AvgIpc) is 1.54. The third kappa shape index (κ3) is 10.3. The predicted octanol–water partition coefficient (Wildman–Crippen LogP) is 28.1. The lowest BCUT2D eigenvalue weighted by atomic mass is 9.93. The normalized spacial score (nSPS) is 11.7. The zero-order chi connectivity index (χ0) is 71.2. The molecule has 0 radical (unpaired) electrons. The first-order valence-electron chi connectivity index (χ1n) is 37.2. The van der Waals surface area contributed by atoms with Crippen molar-refractivity contribution < 1.29 is 0 Å². The molecule has 18 aromatic carbocycles. The number of aromatic nitrogens is 4. The van der Waals surface area contributed by atoms with Gasteiger partial charge in [0.25, 0.3) is 0 Å². The van der Waals surface area contributed by atoms with E-state index in [1.165, 1.54) is 176 Å². The van der Waals surface area contributed by atoms with E-state index in [1.54, 1.807) is 0 Å². The Labute approximate surface area is 625 Å². The van der Waals surface area contributed by atoms with Crippen LogP contribution < -0.4 is 0 Å². The first kappa shape index (κ1) is 62.3. The van der Waals surface area contributed by atoms with Gasteiger partial charge in [-0.05, 0) is 192 Å². The van der Waals surface area contributed by atoms with Crippen LogP contribution in [-0.4, -0.2) is 18.3 Å². The average molecular weight is 1370 g/mol. The van der Waals surface area contributed by atoms with Crippen molar-refractivity contribution in [1.29, 1.82) is 0 Å². The van der Waals surface area contributed by atoms with E-state index in [4.69, 9.17) is 0 Å². The van der Waals surface area contributed by atoms with Crippen molar-refractivity contribution in [3.8, 4) is 89.5 Å². The Hall–Kier alpha value is -14.3. The summed E-state index contributed by atoms with van der Waals surface area (Å²) in [6.45, 7) is 0. The summed E-state index contributed by atoms with van der Waals surface area (Å²) in [5.41, 5.74) is 28.7.